The van der Waals surface area contributed by atoms with Gasteiger partial charge in [-0.25, -0.2) is 0 Å². The maximum absolute atomic E-state index is 11.7. The minimum absolute atomic E-state index is 0.267. The Labute approximate surface area is 118 Å². The van der Waals surface area contributed by atoms with E-state index in [-0.39, 0.29) is 6.04 Å². The second kappa shape index (κ2) is 6.01. The third kappa shape index (κ3) is 2.98. The molecule has 0 aliphatic carbocycles. The molecule has 4 nitrogen and oxygen atoms in total. The Hall–Kier alpha value is -0.940. The summed E-state index contributed by atoms with van der Waals surface area (Å²) >= 11 is 1.65. The molecule has 0 amide bonds. The summed E-state index contributed by atoms with van der Waals surface area (Å²) in [7, 11) is 0. The zero-order chi connectivity index (χ0) is 13.9. The molecule has 0 spiro atoms. The molecule has 0 saturated carbocycles. The Balaban J connectivity index is 2.13. The fourth-order valence-electron chi connectivity index (χ4n) is 3.07. The Kier molecular flexibility index (Phi) is 4.58. The number of hydrogen-bond acceptors (Lipinski definition) is 4. The van der Waals surface area contributed by atoms with Crippen molar-refractivity contribution in [2.45, 2.75) is 45.6 Å². The Morgan fingerprint density at radius 1 is 1.68 bits per heavy atom. The molecule has 0 aromatic carbocycles. The smallest absolute Gasteiger partial charge is 0.310 e. The molecule has 5 heteroatoms. The minimum Gasteiger partial charge on any atom is -0.481 e. The predicted molar refractivity (Wildman–Crippen MR) is 76.3 cm³/mol. The number of thiazole rings is 1. The molecule has 1 N–H and O–H groups in total. The fraction of sp³-hybridized carbons (Fsp3) is 0.714. The normalized spacial score (nSPS) is 26.2. The summed E-state index contributed by atoms with van der Waals surface area (Å²) in [4.78, 5) is 19.3. The number of rotatable bonds is 5. The van der Waals surface area contributed by atoms with Crippen molar-refractivity contribution in [2.24, 2.45) is 5.41 Å². The zero-order valence-electron chi connectivity index (χ0n) is 11.6. The molecular weight excluding hydrogens is 260 g/mol. The largest absolute Gasteiger partial charge is 0.481 e. The first-order valence-corrected chi connectivity index (χ1v) is 7.83. The number of aromatic nitrogens is 1. The maximum atomic E-state index is 11.7. The zero-order valence-corrected chi connectivity index (χ0v) is 12.4. The van der Waals surface area contributed by atoms with Crippen LogP contribution >= 0.6 is 11.3 Å². The highest BCUT2D eigenvalue weighted by Crippen LogP contribution is 2.38. The number of hydrogen-bond donors (Lipinski definition) is 1. The summed E-state index contributed by atoms with van der Waals surface area (Å²) in [5.41, 5.74) is 1.29. The van der Waals surface area contributed by atoms with Crippen molar-refractivity contribution in [3.05, 3.63) is 16.6 Å². The third-order valence-electron chi connectivity index (χ3n) is 4.20. The van der Waals surface area contributed by atoms with Gasteiger partial charge in [0.25, 0.3) is 0 Å². The van der Waals surface area contributed by atoms with Gasteiger partial charge < -0.3 is 5.11 Å². The number of piperidine rings is 1. The van der Waals surface area contributed by atoms with Crippen LogP contribution in [0.4, 0.5) is 0 Å². The lowest BCUT2D eigenvalue weighted by molar-refractivity contribution is -0.153. The van der Waals surface area contributed by atoms with Gasteiger partial charge in [-0.1, -0.05) is 13.3 Å². The number of carboxylic acid groups (broad SMARTS) is 1. The molecular formula is C14H22N2O2S. The van der Waals surface area contributed by atoms with Crippen molar-refractivity contribution in [3.63, 3.8) is 0 Å². The van der Waals surface area contributed by atoms with E-state index in [0.29, 0.717) is 6.54 Å². The molecule has 1 aromatic heterocycles. The molecule has 2 atom stereocenters. The van der Waals surface area contributed by atoms with Crippen LogP contribution in [0.3, 0.4) is 0 Å². The summed E-state index contributed by atoms with van der Waals surface area (Å²) in [6.45, 7) is 5.86. The standard InChI is InChI=1S/C14H22N2O2S/c1-3-5-14(13(17)18)6-4-7-16(9-14)11(2)12-8-15-10-19-12/h8,10-11H,3-7,9H2,1-2H3,(H,17,18). The topological polar surface area (TPSA) is 53.4 Å². The van der Waals surface area contributed by atoms with Crippen LogP contribution in [0, 0.1) is 5.41 Å². The van der Waals surface area contributed by atoms with Gasteiger partial charge in [-0.05, 0) is 32.7 Å². The van der Waals surface area contributed by atoms with E-state index in [1.54, 1.807) is 11.3 Å². The van der Waals surface area contributed by atoms with Crippen LogP contribution in [-0.2, 0) is 4.79 Å². The number of carbonyl (C=O) groups is 1. The van der Waals surface area contributed by atoms with Crippen molar-refractivity contribution in [1.82, 2.24) is 9.88 Å². The second-order valence-electron chi connectivity index (χ2n) is 5.49. The highest BCUT2D eigenvalue weighted by atomic mass is 32.1. The van der Waals surface area contributed by atoms with Gasteiger partial charge in [-0.15, -0.1) is 11.3 Å². The first-order chi connectivity index (χ1) is 9.09. The van der Waals surface area contributed by atoms with Gasteiger partial charge in [0.15, 0.2) is 0 Å². The first-order valence-electron chi connectivity index (χ1n) is 6.95. The van der Waals surface area contributed by atoms with Crippen molar-refractivity contribution < 1.29 is 9.90 Å². The van der Waals surface area contributed by atoms with Gasteiger partial charge in [-0.3, -0.25) is 14.7 Å². The maximum Gasteiger partial charge on any atom is 0.310 e. The molecule has 0 bridgehead atoms. The van der Waals surface area contributed by atoms with E-state index >= 15 is 0 Å². The summed E-state index contributed by atoms with van der Waals surface area (Å²) < 4.78 is 0. The number of likely N-dealkylation sites (tertiary alicyclic amines) is 1. The van der Waals surface area contributed by atoms with Crippen LogP contribution in [0.15, 0.2) is 11.7 Å². The summed E-state index contributed by atoms with van der Waals surface area (Å²) in [6, 6.07) is 0.267. The number of nitrogens with zero attached hydrogens (tertiary/aromatic N) is 2. The predicted octanol–water partition coefficient (Wildman–Crippen LogP) is 3.17. The van der Waals surface area contributed by atoms with E-state index in [0.717, 1.165) is 32.2 Å². The number of aliphatic carboxylic acids is 1. The van der Waals surface area contributed by atoms with E-state index < -0.39 is 11.4 Å². The number of carboxylic acids is 1. The molecule has 1 fully saturated rings. The van der Waals surface area contributed by atoms with Gasteiger partial charge in [-0.2, -0.15) is 0 Å². The fourth-order valence-corrected chi connectivity index (χ4v) is 3.79. The Morgan fingerprint density at radius 3 is 3.05 bits per heavy atom. The van der Waals surface area contributed by atoms with Gasteiger partial charge in [0.05, 0.1) is 10.9 Å². The third-order valence-corrected chi connectivity index (χ3v) is 5.15. The monoisotopic (exact) mass is 282 g/mol. The molecule has 1 aliphatic heterocycles. The molecule has 1 aromatic rings. The highest BCUT2D eigenvalue weighted by Gasteiger charge is 2.42. The summed E-state index contributed by atoms with van der Waals surface area (Å²) in [6.07, 6.45) is 5.37. The molecule has 1 aliphatic rings. The van der Waals surface area contributed by atoms with E-state index in [2.05, 4.69) is 23.7 Å². The van der Waals surface area contributed by atoms with E-state index in [4.69, 9.17) is 0 Å². The van der Waals surface area contributed by atoms with Gasteiger partial charge in [0.1, 0.15) is 0 Å². The lowest BCUT2D eigenvalue weighted by Gasteiger charge is -2.42. The highest BCUT2D eigenvalue weighted by molar-refractivity contribution is 7.09. The molecule has 1 saturated heterocycles. The lowest BCUT2D eigenvalue weighted by Crippen LogP contribution is -2.48. The van der Waals surface area contributed by atoms with Crippen LogP contribution in [0.25, 0.3) is 0 Å². The Bertz CT molecular complexity index is 417. The quantitative estimate of drug-likeness (QED) is 0.901. The van der Waals surface area contributed by atoms with E-state index in [9.17, 15) is 9.90 Å². The van der Waals surface area contributed by atoms with E-state index in [1.807, 2.05) is 11.7 Å². The Morgan fingerprint density at radius 2 is 2.47 bits per heavy atom. The second-order valence-corrected chi connectivity index (χ2v) is 6.41. The van der Waals surface area contributed by atoms with Crippen molar-refractivity contribution >= 4 is 17.3 Å². The molecule has 2 heterocycles. The SMILES string of the molecule is CCCC1(C(=O)O)CCCN(C(C)c2cncs2)C1. The lowest BCUT2D eigenvalue weighted by atomic mass is 9.76. The van der Waals surface area contributed by atoms with Crippen LogP contribution < -0.4 is 0 Å². The van der Waals surface area contributed by atoms with Crippen molar-refractivity contribution in [1.29, 1.82) is 0 Å². The average molecular weight is 282 g/mol. The molecule has 0 radical (unpaired) electrons. The summed E-state index contributed by atoms with van der Waals surface area (Å²) in [5, 5.41) is 9.61. The average Bonchev–Trinajstić information content (AvgIpc) is 2.92. The first kappa shape index (κ1) is 14.5. The molecule has 106 valence electrons. The minimum atomic E-state index is -0.629. The van der Waals surface area contributed by atoms with Crippen molar-refractivity contribution in [3.8, 4) is 0 Å². The van der Waals surface area contributed by atoms with Gasteiger partial charge in [0.2, 0.25) is 0 Å². The van der Waals surface area contributed by atoms with E-state index in [1.165, 1.54) is 4.88 Å². The molecule has 2 unspecified atom stereocenters. The molecule has 19 heavy (non-hydrogen) atoms. The van der Waals surface area contributed by atoms with Gasteiger partial charge >= 0.3 is 5.97 Å². The van der Waals surface area contributed by atoms with Crippen molar-refractivity contribution in [2.75, 3.05) is 13.1 Å². The molecule has 2 rings (SSSR count). The summed E-state index contributed by atoms with van der Waals surface area (Å²) in [5.74, 6) is -0.629. The van der Waals surface area contributed by atoms with Gasteiger partial charge in [0, 0.05) is 23.7 Å². The van der Waals surface area contributed by atoms with Crippen LogP contribution in [0.2, 0.25) is 0 Å². The van der Waals surface area contributed by atoms with Crippen LogP contribution in [-0.4, -0.2) is 34.0 Å². The van der Waals surface area contributed by atoms with Crippen LogP contribution in [0.1, 0.15) is 50.4 Å². The van der Waals surface area contributed by atoms with Crippen LogP contribution in [0.5, 0.6) is 0 Å².